The fourth-order valence-corrected chi connectivity index (χ4v) is 1.24. The number of halogens is 1. The zero-order valence-electron chi connectivity index (χ0n) is 5.00. The molecule has 0 saturated carbocycles. The van der Waals surface area contributed by atoms with E-state index in [1.807, 2.05) is 13.0 Å². The topological polar surface area (TPSA) is 24.1 Å². The third-order valence-electron chi connectivity index (χ3n) is 0.957. The molecule has 1 aromatic heterocycles. The number of hydrogen-bond donors (Lipinski definition) is 1. The van der Waals surface area contributed by atoms with Crippen LogP contribution in [0.5, 0.6) is 0 Å². The van der Waals surface area contributed by atoms with E-state index in [0.29, 0.717) is 0 Å². The molecule has 0 aliphatic rings. The Kier molecular flexibility index (Phi) is 1.71. The maximum atomic E-state index is 8.88. The van der Waals surface area contributed by atoms with Crippen LogP contribution in [0.25, 0.3) is 0 Å². The van der Waals surface area contributed by atoms with Crippen molar-refractivity contribution in [1.82, 2.24) is 0 Å². The summed E-state index contributed by atoms with van der Waals surface area (Å²) in [5.41, 5.74) is 1.02. The number of pyridine rings is 1. The predicted octanol–water partition coefficient (Wildman–Crippen LogP) is 1.28. The molecule has 0 unspecified atom stereocenters. The quantitative estimate of drug-likeness (QED) is 0.482. The van der Waals surface area contributed by atoms with Crippen LogP contribution in [0.3, 0.4) is 0 Å². The summed E-state index contributed by atoms with van der Waals surface area (Å²) in [5.74, 6) is 0. The van der Waals surface area contributed by atoms with E-state index in [1.165, 1.54) is 0 Å². The Morgan fingerprint density at radius 3 is 2.67 bits per heavy atom. The highest BCUT2D eigenvalue weighted by molar-refractivity contribution is 9.10. The molecule has 1 N–H and O–H groups in total. The Morgan fingerprint density at radius 2 is 2.22 bits per heavy atom. The van der Waals surface area contributed by atoms with Crippen molar-refractivity contribution < 1.29 is 9.94 Å². The summed E-state index contributed by atoms with van der Waals surface area (Å²) in [6.45, 7) is 1.91. The van der Waals surface area contributed by atoms with E-state index in [4.69, 9.17) is 5.21 Å². The van der Waals surface area contributed by atoms with Crippen LogP contribution in [0.1, 0.15) is 5.56 Å². The van der Waals surface area contributed by atoms with Gasteiger partial charge in [-0.2, -0.15) is 0 Å². The Hall–Kier alpha value is -0.570. The lowest BCUT2D eigenvalue weighted by atomic mass is 10.3. The Labute approximate surface area is 61.8 Å². The highest BCUT2D eigenvalue weighted by atomic mass is 79.9. The molecule has 48 valence electrons. The summed E-state index contributed by atoms with van der Waals surface area (Å²) in [6.07, 6.45) is 3.21. The van der Waals surface area contributed by atoms with E-state index in [0.717, 1.165) is 14.8 Å². The van der Waals surface area contributed by atoms with Crippen LogP contribution in [0.2, 0.25) is 0 Å². The maximum Gasteiger partial charge on any atom is 0.236 e. The Balaban J connectivity index is 3.17. The van der Waals surface area contributed by atoms with E-state index in [2.05, 4.69) is 15.9 Å². The number of rotatable bonds is 0. The van der Waals surface area contributed by atoms with Crippen LogP contribution in [0, 0.1) is 6.92 Å². The van der Waals surface area contributed by atoms with Gasteiger partial charge in [0.2, 0.25) is 12.4 Å². The minimum Gasteiger partial charge on any atom is -0.285 e. The van der Waals surface area contributed by atoms with Crippen LogP contribution in [-0.2, 0) is 0 Å². The lowest BCUT2D eigenvalue weighted by Crippen LogP contribution is -2.28. The minimum atomic E-state index is 0.880. The largest absolute Gasteiger partial charge is 0.285 e. The molecular weight excluding hydrogens is 182 g/mol. The number of aromatic nitrogens is 1. The molecular formula is C6H7BrNO+. The van der Waals surface area contributed by atoms with Crippen molar-refractivity contribution in [3.63, 3.8) is 0 Å². The molecule has 0 atom stereocenters. The summed E-state index contributed by atoms with van der Waals surface area (Å²) >= 11 is 3.23. The second-order valence-electron chi connectivity index (χ2n) is 1.91. The Morgan fingerprint density at radius 1 is 1.56 bits per heavy atom. The van der Waals surface area contributed by atoms with Gasteiger partial charge in [-0.1, -0.05) is 0 Å². The smallest absolute Gasteiger partial charge is 0.236 e. The first-order valence-corrected chi connectivity index (χ1v) is 3.35. The van der Waals surface area contributed by atoms with Crippen molar-refractivity contribution in [1.29, 1.82) is 0 Å². The number of nitrogens with zero attached hydrogens (tertiary/aromatic N) is 1. The van der Waals surface area contributed by atoms with Gasteiger partial charge in [-0.15, -0.1) is 0 Å². The van der Waals surface area contributed by atoms with Gasteiger partial charge in [0.25, 0.3) is 0 Å². The molecule has 0 bridgehead atoms. The third kappa shape index (κ3) is 1.68. The zero-order valence-corrected chi connectivity index (χ0v) is 6.59. The van der Waals surface area contributed by atoms with E-state index in [1.54, 1.807) is 12.4 Å². The molecule has 0 radical (unpaired) electrons. The van der Waals surface area contributed by atoms with Crippen molar-refractivity contribution in [3.05, 3.63) is 28.5 Å². The summed E-state index contributed by atoms with van der Waals surface area (Å²) in [6, 6.07) is 1.92. The second-order valence-corrected chi connectivity index (χ2v) is 2.83. The molecule has 2 nitrogen and oxygen atoms in total. The fourth-order valence-electron chi connectivity index (χ4n) is 0.664. The fraction of sp³-hybridized carbons (Fsp3) is 0.167. The van der Waals surface area contributed by atoms with Crippen LogP contribution in [0.4, 0.5) is 0 Å². The average molecular weight is 189 g/mol. The SMILES string of the molecule is Cc1cc(Br)c[n+](O)c1. The highest BCUT2D eigenvalue weighted by Crippen LogP contribution is 2.06. The monoisotopic (exact) mass is 188 g/mol. The van der Waals surface area contributed by atoms with Crippen LogP contribution >= 0.6 is 15.9 Å². The average Bonchev–Trinajstić information content (AvgIpc) is 1.59. The standard InChI is InChI=1S/C6H7BrNO/c1-5-2-6(7)4-8(9)3-5/h2-4,9H,1H3/q+1. The van der Waals surface area contributed by atoms with Gasteiger partial charge in [-0.3, -0.25) is 5.21 Å². The molecule has 0 amide bonds. The van der Waals surface area contributed by atoms with E-state index >= 15 is 0 Å². The molecule has 0 aromatic carbocycles. The molecule has 1 heterocycles. The Bertz CT molecular complexity index is 174. The summed E-state index contributed by atoms with van der Waals surface area (Å²) < 4.78 is 1.91. The molecule has 0 fully saturated rings. The maximum absolute atomic E-state index is 8.88. The molecule has 9 heavy (non-hydrogen) atoms. The van der Waals surface area contributed by atoms with E-state index < -0.39 is 0 Å². The first-order valence-electron chi connectivity index (χ1n) is 2.56. The summed E-state index contributed by atoms with van der Waals surface area (Å²) in [5, 5.41) is 8.88. The van der Waals surface area contributed by atoms with Gasteiger partial charge in [0.1, 0.15) is 0 Å². The first kappa shape index (κ1) is 6.55. The zero-order chi connectivity index (χ0) is 6.85. The molecule has 1 aromatic rings. The molecule has 0 aliphatic carbocycles. The van der Waals surface area contributed by atoms with Crippen molar-refractivity contribution in [3.8, 4) is 0 Å². The molecule has 0 spiro atoms. The minimum absolute atomic E-state index is 0.880. The van der Waals surface area contributed by atoms with Crippen molar-refractivity contribution in [2.24, 2.45) is 0 Å². The summed E-state index contributed by atoms with van der Waals surface area (Å²) in [7, 11) is 0. The molecule has 0 saturated heterocycles. The van der Waals surface area contributed by atoms with Gasteiger partial charge in [0.05, 0.1) is 4.47 Å². The number of aryl methyl sites for hydroxylation is 1. The van der Waals surface area contributed by atoms with Gasteiger partial charge in [0.15, 0.2) is 0 Å². The first-order chi connectivity index (χ1) is 4.18. The van der Waals surface area contributed by atoms with Crippen molar-refractivity contribution in [2.45, 2.75) is 6.92 Å². The van der Waals surface area contributed by atoms with Gasteiger partial charge in [-0.05, 0) is 28.9 Å². The molecule has 1 rings (SSSR count). The predicted molar refractivity (Wildman–Crippen MR) is 36.3 cm³/mol. The lowest BCUT2D eigenvalue weighted by Gasteiger charge is -1.87. The van der Waals surface area contributed by atoms with E-state index in [-0.39, 0.29) is 0 Å². The normalized spacial score (nSPS) is 9.56. The molecule has 3 heteroatoms. The van der Waals surface area contributed by atoms with Crippen LogP contribution in [-0.4, -0.2) is 5.21 Å². The van der Waals surface area contributed by atoms with Gasteiger partial charge < -0.3 is 0 Å². The third-order valence-corrected chi connectivity index (χ3v) is 1.39. The number of hydrogen-bond acceptors (Lipinski definition) is 1. The molecule has 0 aliphatic heterocycles. The van der Waals surface area contributed by atoms with Gasteiger partial charge >= 0.3 is 0 Å². The van der Waals surface area contributed by atoms with Crippen molar-refractivity contribution in [2.75, 3.05) is 0 Å². The second kappa shape index (κ2) is 2.35. The summed E-state index contributed by atoms with van der Waals surface area (Å²) in [4.78, 5) is 0. The van der Waals surface area contributed by atoms with Crippen molar-refractivity contribution >= 4 is 15.9 Å². The van der Waals surface area contributed by atoms with Crippen LogP contribution in [0.15, 0.2) is 22.9 Å². The lowest BCUT2D eigenvalue weighted by molar-refractivity contribution is -0.905. The van der Waals surface area contributed by atoms with Crippen LogP contribution < -0.4 is 4.73 Å². The highest BCUT2D eigenvalue weighted by Gasteiger charge is 1.98. The van der Waals surface area contributed by atoms with E-state index in [9.17, 15) is 0 Å². The van der Waals surface area contributed by atoms with Gasteiger partial charge in [0, 0.05) is 10.3 Å². The van der Waals surface area contributed by atoms with Gasteiger partial charge in [-0.25, -0.2) is 0 Å².